The highest BCUT2D eigenvalue weighted by atomic mass is 35.5. The van der Waals surface area contributed by atoms with Gasteiger partial charge < -0.3 is 35.0 Å². The number of H-pyrrole nitrogens is 1. The van der Waals surface area contributed by atoms with Crippen LogP contribution < -0.4 is 29.9 Å². The largest absolute Gasteiger partial charge is 0.488 e. The average molecular weight is 1000 g/mol. The molecular weight excluding hydrogens is 958 g/mol. The molecule has 2 saturated carbocycles. The Bertz CT molecular complexity index is 3100. The smallest absolute Gasteiger partial charge is 0.335 e. The molecule has 5 heterocycles. The predicted molar refractivity (Wildman–Crippen MR) is 259 cm³/mol. The van der Waals surface area contributed by atoms with E-state index < -0.39 is 17.0 Å². The normalized spacial score (nSPS) is 17.3. The number of benzene rings is 4. The number of pyridine rings is 2. The van der Waals surface area contributed by atoms with Crippen molar-refractivity contribution in [1.82, 2.24) is 41.2 Å². The van der Waals surface area contributed by atoms with Crippen LogP contribution in [-0.4, -0.2) is 91.9 Å². The van der Waals surface area contributed by atoms with Crippen LogP contribution in [0.4, 0.5) is 20.4 Å². The van der Waals surface area contributed by atoms with Gasteiger partial charge in [0.1, 0.15) is 47.0 Å². The van der Waals surface area contributed by atoms with Crippen LogP contribution in [0.3, 0.4) is 0 Å². The van der Waals surface area contributed by atoms with Gasteiger partial charge in [-0.3, -0.25) is 9.59 Å². The van der Waals surface area contributed by atoms with Crippen LogP contribution in [0.5, 0.6) is 11.5 Å². The zero-order valence-corrected chi connectivity index (χ0v) is 39.2. The van der Waals surface area contributed by atoms with Crippen molar-refractivity contribution in [3.63, 3.8) is 0 Å². The van der Waals surface area contributed by atoms with Crippen molar-refractivity contribution < 1.29 is 37.7 Å². The quantitative estimate of drug-likeness (QED) is 0.0811. The highest BCUT2D eigenvalue weighted by Gasteiger charge is 2.47. The Morgan fingerprint density at radius 2 is 1.18 bits per heavy atom. The van der Waals surface area contributed by atoms with Gasteiger partial charge in [0.15, 0.2) is 0 Å². The third-order valence-electron chi connectivity index (χ3n) is 12.9. The van der Waals surface area contributed by atoms with E-state index >= 15 is 0 Å². The standard InChI is InChI=1S/C26H23ClFN3O4.C25H21ClFN7O2/c27-18-12-22(24(32)30-26(9-10-26)17-6-4-16(5-7-17)25(33)34)23(29-14-18)31-11-8-21(15-31)35-20-3-1-2-19(28)13-20;26-17-10-21(23(28-12-17)34-13-20(14-34)36-19-3-1-2-18(27)11-19)24(35)29-25(8-9-25)16-6-4-15(5-7-16)22-30-32-33-31-22/h1-7,12-14,21H,8-11,15H2,(H,30,32)(H,33,34);1-7,10-12,20H,8-9,13-14H2,(H,29,35)(H,30,31,32,33). The van der Waals surface area contributed by atoms with E-state index in [1.165, 1.54) is 36.7 Å². The first-order valence-electron chi connectivity index (χ1n) is 22.8. The van der Waals surface area contributed by atoms with Gasteiger partial charge in [-0.25, -0.2) is 23.5 Å². The summed E-state index contributed by atoms with van der Waals surface area (Å²) >= 11 is 12.4. The minimum Gasteiger partial charge on any atom is -0.488 e. The van der Waals surface area contributed by atoms with Crippen molar-refractivity contribution in [2.45, 2.75) is 55.4 Å². The number of carbonyl (C=O) groups excluding carboxylic acids is 2. The van der Waals surface area contributed by atoms with Crippen LogP contribution in [0, 0.1) is 11.6 Å². The minimum absolute atomic E-state index is 0.132. The lowest BCUT2D eigenvalue weighted by Gasteiger charge is -2.40. The van der Waals surface area contributed by atoms with E-state index in [-0.39, 0.29) is 41.2 Å². The first kappa shape index (κ1) is 47.0. The number of nitrogens with one attached hydrogen (secondary N) is 3. The maximum atomic E-state index is 13.5. The molecule has 4 N–H and O–H groups in total. The number of carboxylic acids is 1. The minimum atomic E-state index is -0.995. The summed E-state index contributed by atoms with van der Waals surface area (Å²) in [5.41, 5.74) is 2.68. The number of carbonyl (C=O) groups is 3. The SMILES string of the molecule is O=C(NC1(c2ccc(-c3nn[nH]n3)cc2)CC1)c1cc(Cl)cnc1N1CC(Oc2cccc(F)c2)C1.O=C(O)c1ccc(C2(NC(=O)c3cc(Cl)cnc3N3CCC(Oc4cccc(F)c4)C3)CC2)cc1. The highest BCUT2D eigenvalue weighted by Crippen LogP contribution is 2.47. The van der Waals surface area contributed by atoms with Gasteiger partial charge >= 0.3 is 5.97 Å². The first-order chi connectivity index (χ1) is 34.3. The van der Waals surface area contributed by atoms with Crippen LogP contribution in [0.15, 0.2) is 122 Å². The Hall–Kier alpha value is -7.70. The second-order valence-corrected chi connectivity index (χ2v) is 18.7. The Kier molecular flexibility index (Phi) is 13.0. The number of halogens is 4. The molecule has 20 heteroatoms. The van der Waals surface area contributed by atoms with E-state index in [4.69, 9.17) is 37.8 Å². The fourth-order valence-electron chi connectivity index (χ4n) is 8.82. The van der Waals surface area contributed by atoms with Gasteiger partial charge in [0.05, 0.1) is 57.4 Å². The maximum Gasteiger partial charge on any atom is 0.335 e. The summed E-state index contributed by atoms with van der Waals surface area (Å²) in [6, 6.07) is 29.6. The number of hydrogen-bond donors (Lipinski definition) is 4. The Balaban J connectivity index is 0.000000164. The van der Waals surface area contributed by atoms with E-state index in [1.807, 2.05) is 34.1 Å². The van der Waals surface area contributed by atoms with Crippen molar-refractivity contribution >= 4 is 52.6 Å². The Labute approximate surface area is 415 Å². The zero-order valence-electron chi connectivity index (χ0n) is 37.7. The molecule has 2 amide bonds. The lowest BCUT2D eigenvalue weighted by atomic mass is 10.0. The second-order valence-electron chi connectivity index (χ2n) is 17.9. The summed E-state index contributed by atoms with van der Waals surface area (Å²) in [6.45, 7) is 2.16. The van der Waals surface area contributed by atoms with Gasteiger partial charge in [-0.2, -0.15) is 5.21 Å². The van der Waals surface area contributed by atoms with Crippen LogP contribution in [0.2, 0.25) is 10.0 Å². The number of amides is 2. The molecule has 0 radical (unpaired) electrons. The van der Waals surface area contributed by atoms with Crippen molar-refractivity contribution in [2.75, 3.05) is 36.0 Å². The van der Waals surface area contributed by atoms with Crippen molar-refractivity contribution in [3.8, 4) is 22.9 Å². The number of hydrogen-bond acceptors (Lipinski definition) is 12. The highest BCUT2D eigenvalue weighted by molar-refractivity contribution is 6.31. The second kappa shape index (κ2) is 19.6. The van der Waals surface area contributed by atoms with Crippen LogP contribution in [0.25, 0.3) is 11.4 Å². The number of anilines is 2. The molecule has 2 aliphatic heterocycles. The third-order valence-corrected chi connectivity index (χ3v) is 13.3. The number of ether oxygens (including phenoxy) is 2. The molecular formula is C51H44Cl2F2N10O6. The molecule has 0 bridgehead atoms. The molecule has 1 unspecified atom stereocenters. The summed E-state index contributed by atoms with van der Waals surface area (Å²) in [6.07, 6.45) is 6.59. The number of nitrogens with zero attached hydrogens (tertiary/aromatic N) is 7. The van der Waals surface area contributed by atoms with Gasteiger partial charge in [0.2, 0.25) is 5.82 Å². The van der Waals surface area contributed by atoms with Gasteiger partial charge in [-0.1, -0.05) is 71.7 Å². The van der Waals surface area contributed by atoms with E-state index in [2.05, 4.69) is 41.2 Å². The predicted octanol–water partition coefficient (Wildman–Crippen LogP) is 8.39. The van der Waals surface area contributed by atoms with Gasteiger partial charge in [0, 0.05) is 43.1 Å². The number of aromatic amines is 1. The molecule has 362 valence electrons. The molecule has 7 aromatic rings. The molecule has 4 aliphatic rings. The molecule has 71 heavy (non-hydrogen) atoms. The number of carboxylic acid groups (broad SMARTS) is 1. The molecule has 11 rings (SSSR count). The molecule has 2 aliphatic carbocycles. The number of aromatic carboxylic acids is 1. The molecule has 2 saturated heterocycles. The van der Waals surface area contributed by atoms with Crippen LogP contribution >= 0.6 is 23.2 Å². The topological polar surface area (TPSA) is 201 Å². The van der Waals surface area contributed by atoms with E-state index in [9.17, 15) is 23.2 Å². The van der Waals surface area contributed by atoms with Crippen molar-refractivity contribution in [2.24, 2.45) is 0 Å². The molecule has 4 fully saturated rings. The molecule has 0 spiro atoms. The third kappa shape index (κ3) is 10.6. The van der Waals surface area contributed by atoms with E-state index in [0.717, 1.165) is 42.4 Å². The molecule has 4 aromatic carbocycles. The lowest BCUT2D eigenvalue weighted by molar-refractivity contribution is 0.0696. The Morgan fingerprint density at radius 3 is 1.68 bits per heavy atom. The molecule has 3 aromatic heterocycles. The van der Waals surface area contributed by atoms with Gasteiger partial charge in [0.25, 0.3) is 11.8 Å². The van der Waals surface area contributed by atoms with Gasteiger partial charge in [-0.05, 0) is 90.6 Å². The van der Waals surface area contributed by atoms with E-state index in [1.54, 1.807) is 60.7 Å². The summed E-state index contributed by atoms with van der Waals surface area (Å²) < 4.78 is 38.7. The summed E-state index contributed by atoms with van der Waals surface area (Å²) in [5.74, 6) is 0.255. The maximum absolute atomic E-state index is 13.5. The number of rotatable bonds is 14. The summed E-state index contributed by atoms with van der Waals surface area (Å²) in [4.78, 5) is 50.8. The Morgan fingerprint density at radius 1 is 0.676 bits per heavy atom. The van der Waals surface area contributed by atoms with Crippen LogP contribution in [0.1, 0.15) is 74.3 Å². The van der Waals surface area contributed by atoms with Crippen molar-refractivity contribution in [1.29, 1.82) is 0 Å². The average Bonchev–Trinajstić information content (AvgIpc) is 4.18. The summed E-state index contributed by atoms with van der Waals surface area (Å²) in [7, 11) is 0. The van der Waals surface area contributed by atoms with E-state index in [0.29, 0.717) is 82.7 Å². The first-order valence-corrected chi connectivity index (χ1v) is 23.6. The fraction of sp³-hybridized carbons (Fsp3) is 0.255. The number of aromatic nitrogens is 6. The number of tetrazole rings is 1. The molecule has 1 atom stereocenters. The molecule has 16 nitrogen and oxygen atoms in total. The lowest BCUT2D eigenvalue weighted by Crippen LogP contribution is -2.55. The van der Waals surface area contributed by atoms with Gasteiger partial charge in [-0.15, -0.1) is 10.2 Å². The zero-order chi connectivity index (χ0) is 49.3. The summed E-state index contributed by atoms with van der Waals surface area (Å²) in [5, 5.41) is 30.2. The van der Waals surface area contributed by atoms with Crippen molar-refractivity contribution in [3.05, 3.63) is 171 Å². The monoisotopic (exact) mass is 1000 g/mol. The fourth-order valence-corrected chi connectivity index (χ4v) is 9.13. The van der Waals surface area contributed by atoms with Crippen LogP contribution in [-0.2, 0) is 11.1 Å².